The number of pyridine rings is 1. The van der Waals surface area contributed by atoms with Crippen molar-refractivity contribution in [3.05, 3.63) is 53.9 Å². The Morgan fingerprint density at radius 1 is 1.29 bits per heavy atom. The van der Waals surface area contributed by atoms with Gasteiger partial charge in [-0.05, 0) is 17.7 Å². The maximum Gasteiger partial charge on any atom is 0.307 e. The number of nitrogens with zero attached hydrogens (tertiary/aromatic N) is 1. The van der Waals surface area contributed by atoms with E-state index >= 15 is 0 Å². The first-order valence-corrected chi connectivity index (χ1v) is 6.21. The number of carbonyl (C=O) groups excluding carboxylic acids is 1. The number of aliphatic carboxylic acids is 1. The highest BCUT2D eigenvalue weighted by atomic mass is 16.5. The summed E-state index contributed by atoms with van der Waals surface area (Å²) in [6, 6.07) is 8.30. The van der Waals surface area contributed by atoms with Crippen molar-refractivity contribution in [3.63, 3.8) is 0 Å². The number of hydrogen-bond acceptors (Lipinski definition) is 4. The predicted molar refractivity (Wildman–Crippen MR) is 76.5 cm³/mol. The SMILES string of the molecule is COc1cnccc1C(=O)Nc1ccccc1CC(=O)O. The highest BCUT2D eigenvalue weighted by Crippen LogP contribution is 2.20. The number of anilines is 1. The maximum atomic E-state index is 12.3. The van der Waals surface area contributed by atoms with Crippen LogP contribution in [-0.4, -0.2) is 29.1 Å². The topological polar surface area (TPSA) is 88.5 Å². The summed E-state index contributed by atoms with van der Waals surface area (Å²) in [5, 5.41) is 11.6. The van der Waals surface area contributed by atoms with Crippen molar-refractivity contribution in [1.82, 2.24) is 4.98 Å². The molecule has 0 unspecified atom stereocenters. The molecule has 0 spiro atoms. The lowest BCUT2D eigenvalue weighted by Crippen LogP contribution is -2.15. The van der Waals surface area contributed by atoms with Crippen LogP contribution in [0.1, 0.15) is 15.9 Å². The minimum Gasteiger partial charge on any atom is -0.494 e. The molecule has 1 aromatic carbocycles. The molecule has 1 heterocycles. The van der Waals surface area contributed by atoms with Crippen molar-refractivity contribution in [3.8, 4) is 5.75 Å². The van der Waals surface area contributed by atoms with Crippen molar-refractivity contribution in [2.45, 2.75) is 6.42 Å². The third-order valence-corrected chi connectivity index (χ3v) is 2.86. The lowest BCUT2D eigenvalue weighted by molar-refractivity contribution is -0.136. The summed E-state index contributed by atoms with van der Waals surface area (Å²) in [5.74, 6) is -0.990. The van der Waals surface area contributed by atoms with Gasteiger partial charge in [-0.15, -0.1) is 0 Å². The highest BCUT2D eigenvalue weighted by Gasteiger charge is 2.14. The molecule has 0 fully saturated rings. The Balaban J connectivity index is 2.26. The average Bonchev–Trinajstić information content (AvgIpc) is 2.48. The number of ether oxygens (including phenoxy) is 1. The van der Waals surface area contributed by atoms with Gasteiger partial charge in [0.2, 0.25) is 0 Å². The number of rotatable bonds is 5. The molecule has 0 aliphatic carbocycles. The zero-order chi connectivity index (χ0) is 15.2. The molecular weight excluding hydrogens is 272 g/mol. The number of carboxylic acid groups (broad SMARTS) is 1. The van der Waals surface area contributed by atoms with Gasteiger partial charge in [0.15, 0.2) is 0 Å². The maximum absolute atomic E-state index is 12.3. The number of amides is 1. The van der Waals surface area contributed by atoms with Crippen LogP contribution >= 0.6 is 0 Å². The van der Waals surface area contributed by atoms with Gasteiger partial charge in [0.1, 0.15) is 5.75 Å². The van der Waals surface area contributed by atoms with Crippen LogP contribution in [0.25, 0.3) is 0 Å². The third kappa shape index (κ3) is 3.56. The number of nitrogens with one attached hydrogen (secondary N) is 1. The molecule has 1 amide bonds. The van der Waals surface area contributed by atoms with E-state index < -0.39 is 5.97 Å². The summed E-state index contributed by atoms with van der Waals surface area (Å²) >= 11 is 0. The first kappa shape index (κ1) is 14.5. The Bertz CT molecular complexity index is 670. The van der Waals surface area contributed by atoms with Crippen LogP contribution < -0.4 is 10.1 Å². The van der Waals surface area contributed by atoms with Gasteiger partial charge in [0.25, 0.3) is 5.91 Å². The van der Waals surface area contributed by atoms with Gasteiger partial charge in [-0.2, -0.15) is 0 Å². The summed E-state index contributed by atoms with van der Waals surface area (Å²) in [7, 11) is 1.45. The Hall–Kier alpha value is -2.89. The van der Waals surface area contributed by atoms with E-state index in [0.29, 0.717) is 22.6 Å². The van der Waals surface area contributed by atoms with Gasteiger partial charge < -0.3 is 15.2 Å². The van der Waals surface area contributed by atoms with E-state index in [0.717, 1.165) is 0 Å². The van der Waals surface area contributed by atoms with Crippen LogP contribution in [0, 0.1) is 0 Å². The van der Waals surface area contributed by atoms with Crippen molar-refractivity contribution in [2.24, 2.45) is 0 Å². The largest absolute Gasteiger partial charge is 0.494 e. The van der Waals surface area contributed by atoms with Crippen molar-refractivity contribution in [2.75, 3.05) is 12.4 Å². The molecule has 1 aromatic heterocycles. The number of carbonyl (C=O) groups is 2. The molecule has 2 rings (SSSR count). The minimum absolute atomic E-state index is 0.163. The summed E-state index contributed by atoms with van der Waals surface area (Å²) in [5.41, 5.74) is 1.33. The summed E-state index contributed by atoms with van der Waals surface area (Å²) in [6.45, 7) is 0. The number of para-hydroxylation sites is 1. The van der Waals surface area contributed by atoms with Crippen LogP contribution in [0.4, 0.5) is 5.69 Å². The van der Waals surface area contributed by atoms with Crippen molar-refractivity contribution < 1.29 is 19.4 Å². The van der Waals surface area contributed by atoms with Crippen LogP contribution in [0.5, 0.6) is 5.75 Å². The average molecular weight is 286 g/mol. The normalized spacial score (nSPS) is 9.95. The summed E-state index contributed by atoms with van der Waals surface area (Å²) in [6.07, 6.45) is 2.77. The second-order valence-electron chi connectivity index (χ2n) is 4.26. The first-order chi connectivity index (χ1) is 10.1. The van der Waals surface area contributed by atoms with Gasteiger partial charge in [0.05, 0.1) is 25.3 Å². The lowest BCUT2D eigenvalue weighted by Gasteiger charge is -2.11. The predicted octanol–water partition coefficient (Wildman–Crippen LogP) is 1.97. The Kier molecular flexibility index (Phi) is 4.50. The lowest BCUT2D eigenvalue weighted by atomic mass is 10.1. The van der Waals surface area contributed by atoms with Gasteiger partial charge in [-0.1, -0.05) is 18.2 Å². The molecule has 0 atom stereocenters. The smallest absolute Gasteiger partial charge is 0.307 e. The first-order valence-electron chi connectivity index (χ1n) is 6.21. The summed E-state index contributed by atoms with van der Waals surface area (Å²) in [4.78, 5) is 27.0. The van der Waals surface area contributed by atoms with Crippen LogP contribution in [-0.2, 0) is 11.2 Å². The summed E-state index contributed by atoms with van der Waals surface area (Å²) < 4.78 is 5.08. The van der Waals surface area contributed by atoms with Gasteiger partial charge in [0, 0.05) is 11.9 Å². The van der Waals surface area contributed by atoms with E-state index in [1.54, 1.807) is 24.3 Å². The molecule has 0 aliphatic heterocycles. The number of aromatic nitrogens is 1. The number of methoxy groups -OCH3 is 1. The number of benzene rings is 1. The molecule has 0 bridgehead atoms. The zero-order valence-electron chi connectivity index (χ0n) is 11.4. The molecule has 6 heteroatoms. The molecule has 0 aliphatic rings. The van der Waals surface area contributed by atoms with Crippen molar-refractivity contribution in [1.29, 1.82) is 0 Å². The fourth-order valence-electron chi connectivity index (χ4n) is 1.88. The fraction of sp³-hybridized carbons (Fsp3) is 0.133. The molecule has 21 heavy (non-hydrogen) atoms. The van der Waals surface area contributed by atoms with Gasteiger partial charge in [-0.3, -0.25) is 14.6 Å². The Labute approximate surface area is 121 Å². The van der Waals surface area contributed by atoms with Crippen molar-refractivity contribution >= 4 is 17.6 Å². The van der Waals surface area contributed by atoms with E-state index in [2.05, 4.69) is 10.3 Å². The molecule has 108 valence electrons. The number of hydrogen-bond donors (Lipinski definition) is 2. The van der Waals surface area contributed by atoms with E-state index in [9.17, 15) is 9.59 Å². The quantitative estimate of drug-likeness (QED) is 0.877. The second-order valence-corrected chi connectivity index (χ2v) is 4.26. The monoisotopic (exact) mass is 286 g/mol. The highest BCUT2D eigenvalue weighted by molar-refractivity contribution is 6.06. The molecule has 6 nitrogen and oxygen atoms in total. The third-order valence-electron chi connectivity index (χ3n) is 2.86. The van der Waals surface area contributed by atoms with E-state index in [4.69, 9.17) is 9.84 Å². The van der Waals surface area contributed by atoms with Gasteiger partial charge in [-0.25, -0.2) is 0 Å². The van der Waals surface area contributed by atoms with Crippen LogP contribution in [0.3, 0.4) is 0 Å². The van der Waals surface area contributed by atoms with Crippen LogP contribution in [0.2, 0.25) is 0 Å². The van der Waals surface area contributed by atoms with E-state index in [-0.39, 0.29) is 12.3 Å². The zero-order valence-corrected chi connectivity index (χ0v) is 11.4. The van der Waals surface area contributed by atoms with Gasteiger partial charge >= 0.3 is 5.97 Å². The molecule has 2 N–H and O–H groups in total. The molecular formula is C15H14N2O4. The standard InChI is InChI=1S/C15H14N2O4/c1-21-13-9-16-7-6-11(13)15(20)17-12-5-3-2-4-10(12)8-14(18)19/h2-7,9H,8H2,1H3,(H,17,20)(H,18,19). The van der Waals surface area contributed by atoms with E-state index in [1.165, 1.54) is 25.6 Å². The Morgan fingerprint density at radius 2 is 2.05 bits per heavy atom. The molecule has 2 aromatic rings. The molecule has 0 saturated carbocycles. The molecule has 0 radical (unpaired) electrons. The molecule has 0 saturated heterocycles. The Morgan fingerprint density at radius 3 is 2.76 bits per heavy atom. The van der Waals surface area contributed by atoms with Crippen LogP contribution in [0.15, 0.2) is 42.7 Å². The number of carboxylic acids is 1. The minimum atomic E-state index is -0.960. The fourth-order valence-corrected chi connectivity index (χ4v) is 1.88. The second kappa shape index (κ2) is 6.51. The van der Waals surface area contributed by atoms with E-state index in [1.807, 2.05) is 0 Å².